The second-order valence-corrected chi connectivity index (χ2v) is 7.50. The summed E-state index contributed by atoms with van der Waals surface area (Å²) in [6, 6.07) is 12.8. The molecule has 4 rings (SSSR count). The molecule has 1 atom stereocenters. The summed E-state index contributed by atoms with van der Waals surface area (Å²) in [5.74, 6) is -0.176. The summed E-state index contributed by atoms with van der Waals surface area (Å²) in [7, 11) is 0. The van der Waals surface area contributed by atoms with Gasteiger partial charge in [-0.05, 0) is 43.2 Å². The zero-order chi connectivity index (χ0) is 18.0. The van der Waals surface area contributed by atoms with Crippen LogP contribution in [0.25, 0.3) is 0 Å². The molecule has 2 aromatic rings. The van der Waals surface area contributed by atoms with Gasteiger partial charge in [-0.15, -0.1) is 0 Å². The van der Waals surface area contributed by atoms with Crippen LogP contribution in [0.2, 0.25) is 0 Å². The van der Waals surface area contributed by atoms with Crippen molar-refractivity contribution in [3.63, 3.8) is 0 Å². The molecule has 4 nitrogen and oxygen atoms in total. The topological polar surface area (TPSA) is 34.6 Å². The maximum atomic E-state index is 13.3. The van der Waals surface area contributed by atoms with Crippen LogP contribution in [-0.2, 0) is 22.6 Å². The van der Waals surface area contributed by atoms with Gasteiger partial charge in [0.15, 0.2) is 0 Å². The maximum Gasteiger partial charge on any atom is 0.123 e. The van der Waals surface area contributed by atoms with Gasteiger partial charge in [-0.25, -0.2) is 4.39 Å². The summed E-state index contributed by atoms with van der Waals surface area (Å²) < 4.78 is 25.5. The van der Waals surface area contributed by atoms with E-state index in [2.05, 4.69) is 9.88 Å². The maximum absolute atomic E-state index is 13.3. The van der Waals surface area contributed by atoms with Crippen LogP contribution in [0.5, 0.6) is 0 Å². The Balaban J connectivity index is 1.28. The van der Waals surface area contributed by atoms with Crippen molar-refractivity contribution in [2.24, 2.45) is 0 Å². The highest BCUT2D eigenvalue weighted by atomic mass is 19.1. The molecule has 5 heteroatoms. The summed E-state index contributed by atoms with van der Waals surface area (Å²) in [5, 5.41) is 0. The fourth-order valence-electron chi connectivity index (χ4n) is 4.00. The second-order valence-electron chi connectivity index (χ2n) is 7.50. The van der Waals surface area contributed by atoms with Crippen LogP contribution in [0.1, 0.15) is 29.8 Å². The van der Waals surface area contributed by atoms with Crippen molar-refractivity contribution in [1.82, 2.24) is 9.88 Å². The number of nitrogens with zero attached hydrogens (tertiary/aromatic N) is 2. The van der Waals surface area contributed by atoms with E-state index in [1.807, 2.05) is 31.2 Å². The molecular weight excluding hydrogens is 331 g/mol. The Morgan fingerprint density at radius 2 is 2.12 bits per heavy atom. The molecule has 0 amide bonds. The van der Waals surface area contributed by atoms with Crippen LogP contribution >= 0.6 is 0 Å². The van der Waals surface area contributed by atoms with E-state index in [9.17, 15) is 4.39 Å². The lowest BCUT2D eigenvalue weighted by molar-refractivity contribution is -0.200. The van der Waals surface area contributed by atoms with Gasteiger partial charge in [-0.3, -0.25) is 9.88 Å². The van der Waals surface area contributed by atoms with Crippen molar-refractivity contribution in [2.45, 2.75) is 44.6 Å². The third kappa shape index (κ3) is 4.11. The molecule has 2 saturated heterocycles. The van der Waals surface area contributed by atoms with E-state index in [4.69, 9.17) is 9.47 Å². The molecule has 1 aromatic heterocycles. The molecule has 26 heavy (non-hydrogen) atoms. The number of aryl methyl sites for hydroxylation is 1. The molecule has 1 unspecified atom stereocenters. The molecule has 2 aliphatic rings. The van der Waals surface area contributed by atoms with Crippen molar-refractivity contribution < 1.29 is 13.9 Å². The van der Waals surface area contributed by atoms with Gasteiger partial charge < -0.3 is 9.47 Å². The van der Waals surface area contributed by atoms with E-state index in [1.165, 1.54) is 6.07 Å². The van der Waals surface area contributed by atoms with Gasteiger partial charge in [0.25, 0.3) is 0 Å². The van der Waals surface area contributed by atoms with Gasteiger partial charge in [-0.2, -0.15) is 0 Å². The average molecular weight is 356 g/mol. The molecule has 3 heterocycles. The van der Waals surface area contributed by atoms with E-state index in [0.29, 0.717) is 6.61 Å². The van der Waals surface area contributed by atoms with Gasteiger partial charge in [-0.1, -0.05) is 18.2 Å². The number of hydrogen-bond acceptors (Lipinski definition) is 4. The lowest BCUT2D eigenvalue weighted by Crippen LogP contribution is -2.65. The van der Waals surface area contributed by atoms with E-state index in [-0.39, 0.29) is 17.5 Å². The lowest BCUT2D eigenvalue weighted by atomic mass is 9.84. The van der Waals surface area contributed by atoms with Gasteiger partial charge in [0.2, 0.25) is 0 Å². The van der Waals surface area contributed by atoms with Crippen LogP contribution < -0.4 is 0 Å². The van der Waals surface area contributed by atoms with E-state index >= 15 is 0 Å². The Morgan fingerprint density at radius 3 is 2.92 bits per heavy atom. The van der Waals surface area contributed by atoms with Gasteiger partial charge >= 0.3 is 0 Å². The third-order valence-corrected chi connectivity index (χ3v) is 5.18. The van der Waals surface area contributed by atoms with E-state index in [0.717, 1.165) is 56.0 Å². The minimum atomic E-state index is -0.176. The summed E-state index contributed by atoms with van der Waals surface area (Å²) in [6.07, 6.45) is 2.05. The molecule has 0 radical (unpaired) electrons. The first-order chi connectivity index (χ1) is 12.6. The number of likely N-dealkylation sites (tertiary alicyclic amines) is 1. The second kappa shape index (κ2) is 7.43. The molecule has 0 saturated carbocycles. The SMILES string of the molecule is Cc1cccc(COC2CCOC3(C2)CN(Cc2cccc(F)c2)C3)n1. The Morgan fingerprint density at radius 1 is 1.27 bits per heavy atom. The molecule has 0 N–H and O–H groups in total. The van der Waals surface area contributed by atoms with Crippen LogP contribution in [-0.4, -0.2) is 41.3 Å². The van der Waals surface area contributed by atoms with Crippen molar-refractivity contribution in [2.75, 3.05) is 19.7 Å². The van der Waals surface area contributed by atoms with Gasteiger partial charge in [0.1, 0.15) is 5.82 Å². The fourth-order valence-corrected chi connectivity index (χ4v) is 4.00. The molecule has 2 aliphatic heterocycles. The summed E-state index contributed by atoms with van der Waals surface area (Å²) >= 11 is 0. The molecule has 1 spiro atoms. The molecule has 0 aliphatic carbocycles. The summed E-state index contributed by atoms with van der Waals surface area (Å²) in [6.45, 7) is 5.81. The van der Waals surface area contributed by atoms with E-state index in [1.54, 1.807) is 12.1 Å². The number of pyridine rings is 1. The van der Waals surface area contributed by atoms with Crippen LogP contribution in [0.15, 0.2) is 42.5 Å². The monoisotopic (exact) mass is 356 g/mol. The van der Waals surface area contributed by atoms with Crippen LogP contribution in [0.4, 0.5) is 4.39 Å². The Labute approximate surface area is 153 Å². The number of benzene rings is 1. The first kappa shape index (κ1) is 17.6. The highest BCUT2D eigenvalue weighted by molar-refractivity contribution is 5.17. The molecule has 1 aromatic carbocycles. The lowest BCUT2D eigenvalue weighted by Gasteiger charge is -2.53. The quantitative estimate of drug-likeness (QED) is 0.822. The molecule has 2 fully saturated rings. The van der Waals surface area contributed by atoms with Crippen molar-refractivity contribution in [3.8, 4) is 0 Å². The Bertz CT molecular complexity index is 761. The number of ether oxygens (including phenoxy) is 2. The zero-order valence-corrected chi connectivity index (χ0v) is 15.2. The summed E-state index contributed by atoms with van der Waals surface area (Å²) in [4.78, 5) is 6.80. The Hall–Kier alpha value is -1.82. The third-order valence-electron chi connectivity index (χ3n) is 5.18. The average Bonchev–Trinajstić information content (AvgIpc) is 2.59. The predicted molar refractivity (Wildman–Crippen MR) is 97.1 cm³/mol. The van der Waals surface area contributed by atoms with Crippen molar-refractivity contribution in [1.29, 1.82) is 0 Å². The first-order valence-electron chi connectivity index (χ1n) is 9.25. The van der Waals surface area contributed by atoms with Crippen molar-refractivity contribution >= 4 is 0 Å². The predicted octanol–water partition coefficient (Wildman–Crippen LogP) is 3.48. The largest absolute Gasteiger partial charge is 0.372 e. The molecular formula is C21H25FN2O2. The molecule has 0 bridgehead atoms. The standard InChI is InChI=1S/C21H25FN2O2/c1-16-4-2-7-19(23-16)13-25-20-8-9-26-21(11-20)14-24(15-21)12-17-5-3-6-18(22)10-17/h2-7,10,20H,8-9,11-15H2,1H3. The number of aromatic nitrogens is 1. The number of rotatable bonds is 5. The van der Waals surface area contributed by atoms with Gasteiger partial charge in [0, 0.05) is 38.4 Å². The summed E-state index contributed by atoms with van der Waals surface area (Å²) in [5.41, 5.74) is 2.90. The van der Waals surface area contributed by atoms with Crippen LogP contribution in [0, 0.1) is 12.7 Å². The number of hydrogen-bond donors (Lipinski definition) is 0. The smallest absolute Gasteiger partial charge is 0.123 e. The van der Waals surface area contributed by atoms with Crippen LogP contribution in [0.3, 0.4) is 0 Å². The minimum Gasteiger partial charge on any atom is -0.372 e. The minimum absolute atomic E-state index is 0.101. The highest BCUT2D eigenvalue weighted by Gasteiger charge is 2.47. The number of halogens is 1. The molecule has 138 valence electrons. The van der Waals surface area contributed by atoms with Gasteiger partial charge in [0.05, 0.1) is 24.0 Å². The zero-order valence-electron chi connectivity index (χ0n) is 15.2. The normalized spacial score (nSPS) is 22.3. The van der Waals surface area contributed by atoms with E-state index < -0.39 is 0 Å². The first-order valence-corrected chi connectivity index (χ1v) is 9.25. The fraction of sp³-hybridized carbons (Fsp3) is 0.476. The Kier molecular flexibility index (Phi) is 5.02. The van der Waals surface area contributed by atoms with Crippen molar-refractivity contribution in [3.05, 3.63) is 65.2 Å². The highest BCUT2D eigenvalue weighted by Crippen LogP contribution is 2.36.